The standard InChI is InChI=1S/C30H41N5O8.C23H38N4O4.C20H33N5O5.ClH/c1-29(2,3)24(33-28(40)43-18-12-10-17(11-13-18)35(41)42)27(39)34-15-19-21(30(19,4)5)22(34)25(37)32-20(14-16-8-7-9-16)23(36)26(38)31-6;1-22(2,3)18(24)21(31)27-11-13-15(23(13,4)5)16(27)19(29)26-14(10-12-8-7-9-12)17(28)20(30)25-6;1-19(2,3)14(24-18(30)22-7)17(29)25-9-10-12(20(10,4)5)13(25)16(28)23-8-11(26)15(27)21-6;/h12-13,16,19-22,24H,7-10,14-15H2,1-6H3,(H,31,38)(H,32,37)(H,33,40);12-16,18H,7-11,24H2,1-6H3,(H,25,30)(H,26,29);10,12-14H,8-9H2,1-7H3,(H,21,27)(H,23,28)(H2,22,24,30);1H/t19?,20?,21?,22-,24+;13?,14?,15?,16-,18+;10?,12?,13-,14+;/m000./s1. The number of likely N-dealkylation sites (N-methyl/N-ethyl adjacent to an activating group) is 3. The molecule has 6 aliphatic carbocycles. The minimum Gasteiger partial charge on any atom is -0.410 e. The lowest BCUT2D eigenvalue weighted by Gasteiger charge is -2.38. The zero-order valence-electron chi connectivity index (χ0n) is 64.3. The molecule has 0 spiro atoms. The maximum atomic E-state index is 14.1. The molecule has 32 heteroatoms. The maximum Gasteiger partial charge on any atom is 0.413 e. The van der Waals surface area contributed by atoms with E-state index in [1.807, 2.05) is 69.2 Å². The van der Waals surface area contributed by atoms with E-state index in [9.17, 15) is 77.2 Å². The van der Waals surface area contributed by atoms with Crippen LogP contribution in [-0.2, 0) is 62.3 Å². The summed E-state index contributed by atoms with van der Waals surface area (Å²) in [6, 6.07) is -7.28. The minimum absolute atomic E-state index is 0. The highest BCUT2D eigenvalue weighted by Gasteiger charge is 2.72. The predicted molar refractivity (Wildman–Crippen MR) is 386 cm³/mol. The fraction of sp³-hybridized carbons (Fsp3) is 0.740. The fourth-order valence-corrected chi connectivity index (χ4v) is 15.9. The van der Waals surface area contributed by atoms with E-state index in [0.29, 0.717) is 38.4 Å². The fourth-order valence-electron chi connectivity index (χ4n) is 15.9. The molecule has 12 amide bonds. The van der Waals surface area contributed by atoms with Crippen LogP contribution in [0.25, 0.3) is 0 Å². The summed E-state index contributed by atoms with van der Waals surface area (Å²) in [4.78, 5) is 194. The van der Waals surface area contributed by atoms with Gasteiger partial charge in [0.2, 0.25) is 52.8 Å². The van der Waals surface area contributed by atoms with Crippen molar-refractivity contribution in [2.45, 2.75) is 210 Å². The second-order valence-electron chi connectivity index (χ2n) is 34.5. The van der Waals surface area contributed by atoms with Crippen LogP contribution in [0.3, 0.4) is 0 Å². The van der Waals surface area contributed by atoms with Gasteiger partial charge >= 0.3 is 12.1 Å². The van der Waals surface area contributed by atoms with E-state index in [1.165, 1.54) is 50.1 Å². The smallest absolute Gasteiger partial charge is 0.410 e. The molecule has 8 fully saturated rings. The average molecular weight is 1490 g/mol. The van der Waals surface area contributed by atoms with Gasteiger partial charge in [-0.1, -0.05) is 142 Å². The number of nitro groups is 1. The van der Waals surface area contributed by atoms with Gasteiger partial charge in [0.05, 0.1) is 36.0 Å². The number of piperidine rings is 3. The van der Waals surface area contributed by atoms with E-state index in [1.54, 1.807) is 25.7 Å². The molecule has 105 heavy (non-hydrogen) atoms. The second-order valence-corrected chi connectivity index (χ2v) is 34.5. The van der Waals surface area contributed by atoms with Gasteiger partial charge in [-0.2, -0.15) is 0 Å². The van der Waals surface area contributed by atoms with Crippen LogP contribution in [0, 0.1) is 89.9 Å². The summed E-state index contributed by atoms with van der Waals surface area (Å²) in [6.45, 7) is 29.7. The number of nitrogens with one attached hydrogen (secondary N) is 9. The molecule has 3 saturated heterocycles. The molecule has 11 N–H and O–H groups in total. The number of fused-ring (bicyclic) bond motifs is 3. The minimum atomic E-state index is -1.08. The van der Waals surface area contributed by atoms with Gasteiger partial charge in [0.15, 0.2) is 0 Å². The number of rotatable bonds is 23. The predicted octanol–water partition coefficient (Wildman–Crippen LogP) is 2.70. The van der Waals surface area contributed by atoms with E-state index in [-0.39, 0.29) is 106 Å². The number of halogens is 1. The number of carbonyl (C=O) groups excluding carboxylic acids is 14. The molecule has 14 atom stereocenters. The number of hydrogen-bond acceptors (Lipinski definition) is 18. The molecular weight excluding hydrogens is 1380 g/mol. The number of ether oxygens (including phenoxy) is 1. The van der Waals surface area contributed by atoms with Crippen molar-refractivity contribution in [2.24, 2.45) is 85.6 Å². The van der Waals surface area contributed by atoms with Gasteiger partial charge in [-0.05, 0) is 104 Å². The Bertz CT molecular complexity index is 3560. The van der Waals surface area contributed by atoms with Crippen LogP contribution in [0.2, 0.25) is 0 Å². The summed E-state index contributed by atoms with van der Waals surface area (Å²) in [7, 11) is 5.57. The summed E-state index contributed by atoms with van der Waals surface area (Å²) in [5.74, 6) is -5.82. The van der Waals surface area contributed by atoms with E-state index in [0.717, 1.165) is 38.5 Å². The molecule has 0 aromatic carbocycles. The summed E-state index contributed by atoms with van der Waals surface area (Å²) in [5, 5.41) is 33.8. The Balaban J connectivity index is 0.000000252. The van der Waals surface area contributed by atoms with Gasteiger partial charge in [-0.3, -0.25) is 67.6 Å². The van der Waals surface area contributed by atoms with E-state index >= 15 is 0 Å². The van der Waals surface area contributed by atoms with E-state index < -0.39 is 141 Å². The van der Waals surface area contributed by atoms with Crippen molar-refractivity contribution in [3.05, 3.63) is 39.5 Å². The number of Topliss-reactive ketones (excluding diaryl/α,β-unsaturated/α-hetero) is 3. The Morgan fingerprint density at radius 1 is 0.562 bits per heavy atom. The van der Waals surface area contributed by atoms with Crippen molar-refractivity contribution in [2.75, 3.05) is 54.4 Å². The van der Waals surface area contributed by atoms with Crippen molar-refractivity contribution >= 4 is 95.0 Å². The van der Waals surface area contributed by atoms with Crippen LogP contribution in [0.1, 0.15) is 162 Å². The van der Waals surface area contributed by atoms with Gasteiger partial charge in [-0.15, -0.1) is 12.4 Å². The molecule has 9 aliphatic rings. The molecule has 0 radical (unpaired) electrons. The molecule has 0 aromatic heterocycles. The number of allylic oxidation sites excluding steroid dienone is 1. The number of nitrogens with zero attached hydrogens (tertiary/aromatic N) is 4. The zero-order chi connectivity index (χ0) is 78.2. The third-order valence-corrected chi connectivity index (χ3v) is 23.4. The Labute approximate surface area is 621 Å². The van der Waals surface area contributed by atoms with Crippen LogP contribution in [0.5, 0.6) is 0 Å². The third kappa shape index (κ3) is 18.9. The van der Waals surface area contributed by atoms with Gasteiger partial charge in [0.1, 0.15) is 36.0 Å². The molecule has 3 aliphatic heterocycles. The molecule has 31 nitrogen and oxygen atoms in total. The normalized spacial score (nSPS) is 25.9. The highest BCUT2D eigenvalue weighted by molar-refractivity contribution is 6.39. The van der Waals surface area contributed by atoms with Gasteiger partial charge in [0, 0.05) is 53.9 Å². The van der Waals surface area contributed by atoms with Crippen LogP contribution in [0.4, 0.5) is 9.59 Å². The highest BCUT2D eigenvalue weighted by atomic mass is 35.5. The Kier molecular flexibility index (Phi) is 26.8. The lowest BCUT2D eigenvalue weighted by molar-refractivity contribution is -0.426. The monoisotopic (exact) mass is 1490 g/mol. The number of nitrogens with two attached hydrogens (primary N) is 1. The first-order valence-electron chi connectivity index (χ1n) is 36.2. The molecule has 8 unspecified atom stereocenters. The average Bonchev–Trinajstić information content (AvgIpc) is 1.54. The Hall–Kier alpha value is -8.31. The topological polar surface area (TPSA) is 435 Å². The van der Waals surface area contributed by atoms with E-state index in [4.69, 9.17) is 10.5 Å². The van der Waals surface area contributed by atoms with Crippen LogP contribution in [0.15, 0.2) is 29.3 Å². The van der Waals surface area contributed by atoms with Gasteiger partial charge < -0.3 is 73.0 Å². The number of amides is 12. The van der Waals surface area contributed by atoms with Crippen molar-refractivity contribution in [3.8, 4) is 0 Å². The van der Waals surface area contributed by atoms with Crippen molar-refractivity contribution in [1.82, 2.24) is 62.6 Å². The van der Waals surface area contributed by atoms with Crippen LogP contribution in [-0.4, -0.2) is 205 Å². The SMILES string of the molecule is CNC(=O)C(=O)C(CC1CCC1)NC(=O)[C@@H]1C2C(CN1C(=O)[C@@H](N)C(C)(C)C)C2(C)C.CNC(=O)C(=O)C(CC1CCC1)NC(=O)[C@@H]1C2C(CN1C(=O)[C@@H](NC(=O)OC1=CCC([N+](=O)[O-])=C=C1)C(C)(C)C)C2(C)C.CNC(=O)N[C@H](C(=O)N1CC2C([C@H]1C(=O)NCC(=O)C(=O)NC)C2(C)C)C(C)(C)C.Cl. The van der Waals surface area contributed by atoms with Crippen molar-refractivity contribution in [3.63, 3.8) is 0 Å². The van der Waals surface area contributed by atoms with Gasteiger partial charge in [-0.25, -0.2) is 9.59 Å². The van der Waals surface area contributed by atoms with Crippen LogP contribution >= 0.6 is 12.4 Å². The quantitative estimate of drug-likeness (QED) is 0.0304. The first-order chi connectivity index (χ1) is 48.1. The number of hydrogen-bond donors (Lipinski definition) is 10. The zero-order valence-corrected chi connectivity index (χ0v) is 65.1. The van der Waals surface area contributed by atoms with Crippen molar-refractivity contribution < 1.29 is 76.8 Å². The molecule has 3 heterocycles. The first-order valence-corrected chi connectivity index (χ1v) is 36.2. The largest absolute Gasteiger partial charge is 0.413 e. The number of carbonyl (C=O) groups is 14. The van der Waals surface area contributed by atoms with E-state index in [2.05, 4.69) is 67.4 Å². The molecule has 9 rings (SSSR count). The summed E-state index contributed by atoms with van der Waals surface area (Å²) in [5.41, 5.74) is 6.40. The van der Waals surface area contributed by atoms with Crippen LogP contribution < -0.4 is 53.6 Å². The molecule has 584 valence electrons. The number of likely N-dealkylation sites (tertiary alicyclic amines) is 3. The molecule has 0 aromatic rings. The first kappa shape index (κ1) is 85.6. The molecule has 0 bridgehead atoms. The third-order valence-electron chi connectivity index (χ3n) is 23.4. The lowest BCUT2D eigenvalue weighted by atomic mass is 9.80. The number of alkyl carbamates (subject to hydrolysis) is 1. The number of ketones is 3. The van der Waals surface area contributed by atoms with Gasteiger partial charge in [0.25, 0.3) is 23.4 Å². The Morgan fingerprint density at radius 2 is 0.943 bits per heavy atom. The second kappa shape index (κ2) is 32.8. The summed E-state index contributed by atoms with van der Waals surface area (Å²) in [6.07, 6.45) is 8.37. The summed E-state index contributed by atoms with van der Waals surface area (Å²) >= 11 is 0. The lowest BCUT2D eigenvalue weighted by Crippen LogP contribution is -2.60. The molecular formula is C73H113ClN14O17. The number of urea groups is 1. The van der Waals surface area contributed by atoms with Crippen molar-refractivity contribution in [1.29, 1.82) is 0 Å². The molecule has 5 saturated carbocycles. The highest BCUT2D eigenvalue weighted by Crippen LogP contribution is 2.67. The summed E-state index contributed by atoms with van der Waals surface area (Å²) < 4.78 is 5.29. The Morgan fingerprint density at radius 3 is 1.27 bits per heavy atom. The maximum absolute atomic E-state index is 14.1.